The standard InChI is InChI=1S/C22H25N3O2S/c1-16(28)19-14-12-18(13-15-19)8-5-4-6-9-20-10-7-11-21(24-20)25(3)22(27)23-17(2)26/h10,12-15,28H,1,4-5,7-8,11H2,2-3H3,(H,23,26,27). The molecule has 6 heteroatoms. The highest BCUT2D eigenvalue weighted by molar-refractivity contribution is 7.90. The molecule has 0 saturated heterocycles. The molecule has 0 fully saturated rings. The highest BCUT2D eigenvalue weighted by Gasteiger charge is 2.17. The van der Waals surface area contributed by atoms with Crippen molar-refractivity contribution in [2.45, 2.75) is 39.0 Å². The fraction of sp³-hybridized carbons (Fsp3) is 0.318. The number of allylic oxidation sites excluding steroid dienone is 2. The zero-order valence-corrected chi connectivity index (χ0v) is 17.2. The third kappa shape index (κ3) is 6.75. The zero-order chi connectivity index (χ0) is 20.5. The van der Waals surface area contributed by atoms with Crippen LogP contribution in [-0.4, -0.2) is 29.7 Å². The van der Waals surface area contributed by atoms with Gasteiger partial charge in [-0.2, -0.15) is 0 Å². The van der Waals surface area contributed by atoms with Crippen molar-refractivity contribution < 1.29 is 9.59 Å². The first-order chi connectivity index (χ1) is 13.4. The van der Waals surface area contributed by atoms with E-state index in [0.29, 0.717) is 18.0 Å². The van der Waals surface area contributed by atoms with Gasteiger partial charge in [0.1, 0.15) is 11.5 Å². The zero-order valence-electron chi connectivity index (χ0n) is 16.3. The molecular formula is C22H25N3O2S. The number of urea groups is 1. The number of amidine groups is 1. The lowest BCUT2D eigenvalue weighted by atomic mass is 10.1. The molecule has 0 spiro atoms. The molecule has 0 saturated carbocycles. The molecule has 0 aromatic heterocycles. The second kappa shape index (κ2) is 10.5. The Labute approximate surface area is 172 Å². The molecule has 0 unspecified atom stereocenters. The molecule has 146 valence electrons. The SMILES string of the molecule is C=C(S)c1ccc(CCCC#CC2=CCCC(N(C)C(=O)NC(C)=O)=N2)cc1. The highest BCUT2D eigenvalue weighted by Crippen LogP contribution is 2.17. The maximum absolute atomic E-state index is 11.9. The number of rotatable bonds is 4. The van der Waals surface area contributed by atoms with Gasteiger partial charge in [-0.05, 0) is 42.4 Å². The Morgan fingerprint density at radius 1 is 1.32 bits per heavy atom. The molecule has 3 amide bonds. The summed E-state index contributed by atoms with van der Waals surface area (Å²) in [6.45, 7) is 5.12. The van der Waals surface area contributed by atoms with E-state index >= 15 is 0 Å². The van der Waals surface area contributed by atoms with Crippen LogP contribution in [0.1, 0.15) is 43.7 Å². The minimum atomic E-state index is -0.479. The molecule has 0 radical (unpaired) electrons. The summed E-state index contributed by atoms with van der Waals surface area (Å²) in [5, 5.41) is 2.24. The van der Waals surface area contributed by atoms with Gasteiger partial charge in [0.2, 0.25) is 5.91 Å². The number of aryl methyl sites for hydroxylation is 1. The van der Waals surface area contributed by atoms with Crippen LogP contribution < -0.4 is 5.32 Å². The van der Waals surface area contributed by atoms with Crippen LogP contribution in [0.4, 0.5) is 4.79 Å². The van der Waals surface area contributed by atoms with Crippen molar-refractivity contribution in [2.75, 3.05) is 7.05 Å². The predicted octanol–water partition coefficient (Wildman–Crippen LogP) is 4.18. The average Bonchev–Trinajstić information content (AvgIpc) is 2.67. The lowest BCUT2D eigenvalue weighted by Gasteiger charge is -2.20. The van der Waals surface area contributed by atoms with Crippen LogP contribution in [0, 0.1) is 11.8 Å². The van der Waals surface area contributed by atoms with E-state index in [0.717, 1.165) is 36.2 Å². The van der Waals surface area contributed by atoms with Crippen molar-refractivity contribution in [3.8, 4) is 11.8 Å². The summed E-state index contributed by atoms with van der Waals surface area (Å²) < 4.78 is 0. The molecule has 1 heterocycles. The summed E-state index contributed by atoms with van der Waals surface area (Å²) in [6.07, 6.45) is 6.06. The number of hydrogen-bond acceptors (Lipinski definition) is 4. The Bertz CT molecular complexity index is 873. The van der Waals surface area contributed by atoms with E-state index in [-0.39, 0.29) is 0 Å². The Kier molecular flexibility index (Phi) is 8.09. The monoisotopic (exact) mass is 395 g/mol. The van der Waals surface area contributed by atoms with Gasteiger partial charge in [-0.3, -0.25) is 15.0 Å². The predicted molar refractivity (Wildman–Crippen MR) is 117 cm³/mol. The van der Waals surface area contributed by atoms with Crippen LogP contribution >= 0.6 is 12.6 Å². The Morgan fingerprint density at radius 2 is 2.04 bits per heavy atom. The van der Waals surface area contributed by atoms with Crippen LogP contribution in [0.3, 0.4) is 0 Å². The van der Waals surface area contributed by atoms with Crippen LogP contribution in [-0.2, 0) is 11.2 Å². The van der Waals surface area contributed by atoms with E-state index in [1.807, 2.05) is 18.2 Å². The minimum absolute atomic E-state index is 0.394. The van der Waals surface area contributed by atoms with Gasteiger partial charge in [0, 0.05) is 31.7 Å². The maximum atomic E-state index is 11.9. The van der Waals surface area contributed by atoms with Gasteiger partial charge in [-0.1, -0.05) is 36.8 Å². The molecule has 28 heavy (non-hydrogen) atoms. The summed E-state index contributed by atoms with van der Waals surface area (Å²) >= 11 is 4.25. The van der Waals surface area contributed by atoms with Gasteiger partial charge in [-0.25, -0.2) is 9.79 Å². The average molecular weight is 396 g/mol. The number of carbonyl (C=O) groups excluding carboxylic acids is 2. The van der Waals surface area contributed by atoms with Crippen molar-refractivity contribution in [3.05, 3.63) is 53.7 Å². The van der Waals surface area contributed by atoms with E-state index < -0.39 is 11.9 Å². The van der Waals surface area contributed by atoms with Gasteiger partial charge in [0.25, 0.3) is 0 Å². The fourth-order valence-electron chi connectivity index (χ4n) is 2.65. The van der Waals surface area contributed by atoms with Gasteiger partial charge < -0.3 is 0 Å². The van der Waals surface area contributed by atoms with E-state index in [1.54, 1.807) is 7.05 Å². The number of aliphatic imine (C=N–C) groups is 1. The summed E-state index contributed by atoms with van der Waals surface area (Å²) in [6, 6.07) is 7.75. The van der Waals surface area contributed by atoms with Gasteiger partial charge in [-0.15, -0.1) is 12.6 Å². The van der Waals surface area contributed by atoms with Crippen molar-refractivity contribution in [1.29, 1.82) is 0 Å². The normalized spacial score (nSPS) is 12.8. The first-order valence-electron chi connectivity index (χ1n) is 9.16. The molecule has 0 atom stereocenters. The van der Waals surface area contributed by atoms with E-state index in [9.17, 15) is 9.59 Å². The number of thiol groups is 1. The fourth-order valence-corrected chi connectivity index (χ4v) is 2.80. The quantitative estimate of drug-likeness (QED) is 0.456. The number of hydrogen-bond donors (Lipinski definition) is 2. The third-order valence-electron chi connectivity index (χ3n) is 4.20. The molecule has 0 aliphatic carbocycles. The lowest BCUT2D eigenvalue weighted by molar-refractivity contribution is -0.118. The number of amides is 3. The van der Waals surface area contributed by atoms with E-state index in [2.05, 4.69) is 53.5 Å². The van der Waals surface area contributed by atoms with Gasteiger partial charge in [0.15, 0.2) is 0 Å². The van der Waals surface area contributed by atoms with Crippen molar-refractivity contribution in [1.82, 2.24) is 10.2 Å². The molecule has 1 aromatic carbocycles. The molecule has 1 aromatic rings. The summed E-state index contributed by atoms with van der Waals surface area (Å²) in [5.74, 6) is 6.44. The minimum Gasteiger partial charge on any atom is -0.285 e. The lowest BCUT2D eigenvalue weighted by Crippen LogP contribution is -2.43. The third-order valence-corrected chi connectivity index (χ3v) is 4.46. The summed E-state index contributed by atoms with van der Waals surface area (Å²) in [7, 11) is 1.60. The first kappa shape index (κ1) is 21.5. The number of unbranched alkanes of at least 4 members (excludes halogenated alkanes) is 1. The molecule has 2 rings (SSSR count). The summed E-state index contributed by atoms with van der Waals surface area (Å²) in [5.41, 5.74) is 2.96. The Morgan fingerprint density at radius 3 is 2.68 bits per heavy atom. The van der Waals surface area contributed by atoms with E-state index in [4.69, 9.17) is 0 Å². The van der Waals surface area contributed by atoms with Crippen LogP contribution in [0.15, 0.2) is 47.6 Å². The number of benzene rings is 1. The van der Waals surface area contributed by atoms with Crippen LogP contribution in [0.25, 0.3) is 4.91 Å². The maximum Gasteiger partial charge on any atom is 0.329 e. The van der Waals surface area contributed by atoms with Gasteiger partial charge >= 0.3 is 6.03 Å². The molecule has 0 bridgehead atoms. The molecule has 1 aliphatic rings. The second-order valence-corrected chi connectivity index (χ2v) is 7.04. The second-order valence-electron chi connectivity index (χ2n) is 6.50. The number of nitrogens with one attached hydrogen (secondary N) is 1. The smallest absolute Gasteiger partial charge is 0.285 e. The Hall–Kier alpha value is -2.78. The van der Waals surface area contributed by atoms with Crippen molar-refractivity contribution >= 4 is 35.3 Å². The number of nitrogens with zero attached hydrogens (tertiary/aromatic N) is 2. The summed E-state index contributed by atoms with van der Waals surface area (Å²) in [4.78, 5) is 29.5. The number of imide groups is 1. The van der Waals surface area contributed by atoms with Crippen molar-refractivity contribution in [3.63, 3.8) is 0 Å². The van der Waals surface area contributed by atoms with E-state index in [1.165, 1.54) is 17.4 Å². The first-order valence-corrected chi connectivity index (χ1v) is 9.60. The van der Waals surface area contributed by atoms with Gasteiger partial charge in [0.05, 0.1) is 0 Å². The van der Waals surface area contributed by atoms with Crippen LogP contribution in [0.5, 0.6) is 0 Å². The topological polar surface area (TPSA) is 61.8 Å². The molecule has 1 N–H and O–H groups in total. The largest absolute Gasteiger partial charge is 0.329 e. The molecular weight excluding hydrogens is 370 g/mol. The number of carbonyl (C=O) groups is 2. The highest BCUT2D eigenvalue weighted by atomic mass is 32.1. The molecule has 5 nitrogen and oxygen atoms in total. The Balaban J connectivity index is 1.85. The van der Waals surface area contributed by atoms with Crippen LogP contribution in [0.2, 0.25) is 0 Å². The van der Waals surface area contributed by atoms with Crippen molar-refractivity contribution in [2.24, 2.45) is 4.99 Å². The molecule has 1 aliphatic heterocycles.